The molecule has 6 nitrogen and oxygen atoms in total. The van der Waals surface area contributed by atoms with Gasteiger partial charge in [-0.25, -0.2) is 13.1 Å². The van der Waals surface area contributed by atoms with Gasteiger partial charge in [0.25, 0.3) is 5.91 Å². The predicted octanol–water partition coefficient (Wildman–Crippen LogP) is 1.92. The van der Waals surface area contributed by atoms with Gasteiger partial charge in [0.15, 0.2) is 0 Å². The Morgan fingerprint density at radius 2 is 1.76 bits per heavy atom. The maximum atomic E-state index is 12.5. The molecule has 0 aliphatic rings. The van der Waals surface area contributed by atoms with Crippen LogP contribution in [-0.4, -0.2) is 47.0 Å². The van der Waals surface area contributed by atoms with Crippen LogP contribution in [0.25, 0.3) is 0 Å². The first-order valence-electron chi connectivity index (χ1n) is 7.80. The van der Waals surface area contributed by atoms with Gasteiger partial charge in [-0.05, 0) is 49.4 Å². The number of hydrogen-bond acceptors (Lipinski definition) is 4. The van der Waals surface area contributed by atoms with Gasteiger partial charge in [0.2, 0.25) is 10.0 Å². The molecule has 2 rings (SSSR count). The molecule has 0 bridgehead atoms. The summed E-state index contributed by atoms with van der Waals surface area (Å²) in [5.41, 5.74) is 1.47. The number of para-hydroxylation sites is 1. The molecule has 0 spiro atoms. The van der Waals surface area contributed by atoms with Gasteiger partial charge >= 0.3 is 0 Å². The largest absolute Gasteiger partial charge is 0.496 e. The highest BCUT2D eigenvalue weighted by molar-refractivity contribution is 7.89. The van der Waals surface area contributed by atoms with E-state index in [1.54, 1.807) is 19.1 Å². The summed E-state index contributed by atoms with van der Waals surface area (Å²) < 4.78 is 31.0. The van der Waals surface area contributed by atoms with Crippen molar-refractivity contribution >= 4 is 15.9 Å². The highest BCUT2D eigenvalue weighted by atomic mass is 32.2. The fourth-order valence-corrected chi connectivity index (χ4v) is 3.14. The van der Waals surface area contributed by atoms with E-state index in [0.29, 0.717) is 18.5 Å². The summed E-state index contributed by atoms with van der Waals surface area (Å²) >= 11 is 0. The molecule has 1 amide bonds. The SMILES string of the molecule is CNS(=O)(=O)c1ccc(C(=O)N(C)CCc2ccccc2OC)cc1. The van der Waals surface area contributed by atoms with Crippen molar-refractivity contribution in [3.05, 3.63) is 59.7 Å². The molecule has 0 atom stereocenters. The van der Waals surface area contributed by atoms with Gasteiger partial charge in [-0.1, -0.05) is 18.2 Å². The summed E-state index contributed by atoms with van der Waals surface area (Å²) in [6, 6.07) is 13.6. The smallest absolute Gasteiger partial charge is 0.253 e. The molecule has 7 heteroatoms. The zero-order chi connectivity index (χ0) is 18.4. The van der Waals surface area contributed by atoms with Crippen LogP contribution in [0.1, 0.15) is 15.9 Å². The molecular weight excluding hydrogens is 340 g/mol. The lowest BCUT2D eigenvalue weighted by Gasteiger charge is -2.18. The molecule has 0 aliphatic carbocycles. The molecule has 0 aliphatic heterocycles. The number of amides is 1. The molecule has 134 valence electrons. The van der Waals surface area contributed by atoms with Crippen molar-refractivity contribution in [3.8, 4) is 5.75 Å². The maximum Gasteiger partial charge on any atom is 0.253 e. The number of sulfonamides is 1. The average molecular weight is 362 g/mol. The second-order valence-electron chi connectivity index (χ2n) is 5.52. The minimum Gasteiger partial charge on any atom is -0.496 e. The number of carbonyl (C=O) groups excluding carboxylic acids is 1. The number of nitrogens with one attached hydrogen (secondary N) is 1. The van der Waals surface area contributed by atoms with E-state index < -0.39 is 10.0 Å². The van der Waals surface area contributed by atoms with E-state index in [1.807, 2.05) is 24.3 Å². The molecular formula is C18H22N2O4S. The summed E-state index contributed by atoms with van der Waals surface area (Å²) in [4.78, 5) is 14.2. The van der Waals surface area contributed by atoms with Crippen LogP contribution in [0.5, 0.6) is 5.75 Å². The summed E-state index contributed by atoms with van der Waals surface area (Å²) in [7, 11) is 1.18. The van der Waals surface area contributed by atoms with Crippen LogP contribution in [0, 0.1) is 0 Å². The lowest BCUT2D eigenvalue weighted by atomic mass is 10.1. The molecule has 1 N–H and O–H groups in total. The Hall–Kier alpha value is -2.38. The first kappa shape index (κ1) is 19.0. The highest BCUT2D eigenvalue weighted by Gasteiger charge is 2.15. The Morgan fingerprint density at radius 1 is 1.12 bits per heavy atom. The fraction of sp³-hybridized carbons (Fsp3) is 0.278. The lowest BCUT2D eigenvalue weighted by Crippen LogP contribution is -2.29. The maximum absolute atomic E-state index is 12.5. The minimum absolute atomic E-state index is 0.128. The monoisotopic (exact) mass is 362 g/mol. The van der Waals surface area contributed by atoms with E-state index in [9.17, 15) is 13.2 Å². The van der Waals surface area contributed by atoms with Crippen molar-refractivity contribution < 1.29 is 17.9 Å². The number of rotatable bonds is 7. The van der Waals surface area contributed by atoms with Crippen LogP contribution in [0.15, 0.2) is 53.4 Å². The standard InChI is InChI=1S/C18H22N2O4S/c1-19-25(22,23)16-10-8-15(9-11-16)18(21)20(2)13-12-14-6-4-5-7-17(14)24-3/h4-11,19H,12-13H2,1-3H3. The third-order valence-electron chi connectivity index (χ3n) is 3.94. The number of nitrogens with zero attached hydrogens (tertiary/aromatic N) is 1. The van der Waals surface area contributed by atoms with Gasteiger partial charge in [0, 0.05) is 19.2 Å². The molecule has 0 aromatic heterocycles. The molecule has 0 unspecified atom stereocenters. The summed E-state index contributed by atoms with van der Waals surface area (Å²) in [6.45, 7) is 0.524. The third-order valence-corrected chi connectivity index (χ3v) is 5.37. The summed E-state index contributed by atoms with van der Waals surface area (Å²) in [5.74, 6) is 0.633. The van der Waals surface area contributed by atoms with Crippen LogP contribution in [0.2, 0.25) is 0 Å². The number of methoxy groups -OCH3 is 1. The Balaban J connectivity index is 2.05. The van der Waals surface area contributed by atoms with Gasteiger partial charge in [0.05, 0.1) is 12.0 Å². The number of carbonyl (C=O) groups is 1. The Morgan fingerprint density at radius 3 is 2.36 bits per heavy atom. The first-order chi connectivity index (χ1) is 11.9. The molecule has 0 fully saturated rings. The molecule has 0 radical (unpaired) electrons. The van der Waals surface area contributed by atoms with Crippen molar-refractivity contribution in [1.82, 2.24) is 9.62 Å². The highest BCUT2D eigenvalue weighted by Crippen LogP contribution is 2.18. The number of hydrogen-bond donors (Lipinski definition) is 1. The topological polar surface area (TPSA) is 75.7 Å². The second-order valence-corrected chi connectivity index (χ2v) is 7.41. The van der Waals surface area contributed by atoms with E-state index >= 15 is 0 Å². The Kier molecular flexibility index (Phi) is 6.17. The zero-order valence-corrected chi connectivity index (χ0v) is 15.3. The Bertz CT molecular complexity index is 832. The molecule has 2 aromatic carbocycles. The van der Waals surface area contributed by atoms with Crippen molar-refractivity contribution in [2.75, 3.05) is 27.7 Å². The van der Waals surface area contributed by atoms with Crippen LogP contribution in [-0.2, 0) is 16.4 Å². The molecule has 25 heavy (non-hydrogen) atoms. The van der Waals surface area contributed by atoms with Crippen molar-refractivity contribution in [3.63, 3.8) is 0 Å². The van der Waals surface area contributed by atoms with E-state index in [1.165, 1.54) is 31.3 Å². The van der Waals surface area contributed by atoms with Gasteiger partial charge in [-0.3, -0.25) is 4.79 Å². The van der Waals surface area contributed by atoms with Crippen LogP contribution < -0.4 is 9.46 Å². The molecule has 2 aromatic rings. The molecule has 0 saturated heterocycles. The normalized spacial score (nSPS) is 11.2. The zero-order valence-electron chi connectivity index (χ0n) is 14.5. The van der Waals surface area contributed by atoms with Crippen molar-refractivity contribution in [1.29, 1.82) is 0 Å². The van der Waals surface area contributed by atoms with Crippen LogP contribution in [0.4, 0.5) is 0 Å². The average Bonchev–Trinajstić information content (AvgIpc) is 2.65. The van der Waals surface area contributed by atoms with E-state index in [2.05, 4.69) is 4.72 Å². The molecule has 0 heterocycles. The quantitative estimate of drug-likeness (QED) is 0.816. The molecule has 0 saturated carbocycles. The Labute approximate surface area is 148 Å². The second kappa shape index (κ2) is 8.13. The van der Waals surface area contributed by atoms with Gasteiger partial charge in [-0.15, -0.1) is 0 Å². The van der Waals surface area contributed by atoms with Gasteiger partial charge < -0.3 is 9.64 Å². The first-order valence-corrected chi connectivity index (χ1v) is 9.28. The minimum atomic E-state index is -3.50. The summed E-state index contributed by atoms with van der Waals surface area (Å²) in [5, 5.41) is 0. The number of likely N-dealkylation sites (N-methyl/N-ethyl adjacent to an activating group) is 1. The van der Waals surface area contributed by atoms with Gasteiger partial charge in [0.1, 0.15) is 5.75 Å². The van der Waals surface area contributed by atoms with Crippen LogP contribution in [0.3, 0.4) is 0 Å². The number of ether oxygens (including phenoxy) is 1. The third kappa shape index (κ3) is 4.58. The summed E-state index contributed by atoms with van der Waals surface area (Å²) in [6.07, 6.45) is 0.665. The predicted molar refractivity (Wildman–Crippen MR) is 96.3 cm³/mol. The lowest BCUT2D eigenvalue weighted by molar-refractivity contribution is 0.0796. The van der Waals surface area contributed by atoms with E-state index in [-0.39, 0.29) is 10.8 Å². The van der Waals surface area contributed by atoms with Crippen molar-refractivity contribution in [2.24, 2.45) is 0 Å². The van der Waals surface area contributed by atoms with Crippen LogP contribution >= 0.6 is 0 Å². The van der Waals surface area contributed by atoms with E-state index in [4.69, 9.17) is 4.74 Å². The van der Waals surface area contributed by atoms with Crippen molar-refractivity contribution in [2.45, 2.75) is 11.3 Å². The van der Waals surface area contributed by atoms with Gasteiger partial charge in [-0.2, -0.15) is 0 Å². The van der Waals surface area contributed by atoms with E-state index in [0.717, 1.165) is 11.3 Å². The number of benzene rings is 2. The fourth-order valence-electron chi connectivity index (χ4n) is 2.41.